The Balaban J connectivity index is 1.28. The van der Waals surface area contributed by atoms with Gasteiger partial charge in [-0.2, -0.15) is 4.57 Å². The maximum absolute atomic E-state index is 6.62. The summed E-state index contributed by atoms with van der Waals surface area (Å²) < 4.78 is 20.2. The monoisotopic (exact) mass is 536 g/mol. The van der Waals surface area contributed by atoms with Gasteiger partial charge in [0.15, 0.2) is 23.9 Å². The van der Waals surface area contributed by atoms with E-state index < -0.39 is 0 Å². The molecule has 5 heterocycles. The Hall–Kier alpha value is -3.93. The van der Waals surface area contributed by atoms with E-state index in [0.717, 1.165) is 75.1 Å². The van der Waals surface area contributed by atoms with Gasteiger partial charge in [0, 0.05) is 40.1 Å². The van der Waals surface area contributed by atoms with E-state index in [4.69, 9.17) is 13.4 Å². The maximum Gasteiger partial charge on any atom is 0.251 e. The Bertz CT molecular complexity index is 1830. The first kappa shape index (κ1) is 26.3. The molecule has 0 amide bonds. The molecule has 6 aromatic rings. The van der Waals surface area contributed by atoms with Crippen LogP contribution in [0.2, 0.25) is 0 Å². The summed E-state index contributed by atoms with van der Waals surface area (Å²) in [6.07, 6.45) is 7.72. The van der Waals surface area contributed by atoms with Crippen LogP contribution in [0.1, 0.15) is 77.0 Å². The maximum atomic E-state index is 6.62. The first-order chi connectivity index (χ1) is 18.9. The molecule has 0 aliphatic heterocycles. The standard InChI is InChI=1S/C34H38N3O3/c1-22-12-16-37(21-34(6,7)23-18-28-25(35-20-23)13-17-38-28)26-19-29(39-30(22)26)32(2,3)14-15-33(4,5)31-24-10-8-9-11-27(24)40-36-31/h8-13,16-20H,14-15,21H2,1-7H3/q+1. The number of pyridine rings is 2. The first-order valence-corrected chi connectivity index (χ1v) is 14.1. The zero-order valence-electron chi connectivity index (χ0n) is 24.5. The Kier molecular flexibility index (Phi) is 6.13. The van der Waals surface area contributed by atoms with E-state index >= 15 is 0 Å². The van der Waals surface area contributed by atoms with Crippen LogP contribution in [0.15, 0.2) is 80.5 Å². The summed E-state index contributed by atoms with van der Waals surface area (Å²) in [5.41, 5.74) is 7.42. The van der Waals surface area contributed by atoms with Gasteiger partial charge in [-0.3, -0.25) is 4.98 Å². The highest BCUT2D eigenvalue weighted by Gasteiger charge is 2.35. The fraction of sp³-hybridized carbons (Fsp3) is 0.382. The van der Waals surface area contributed by atoms with Crippen molar-refractivity contribution in [2.45, 2.75) is 84.1 Å². The van der Waals surface area contributed by atoms with Crippen molar-refractivity contribution in [2.75, 3.05) is 0 Å². The van der Waals surface area contributed by atoms with Crippen LogP contribution in [-0.2, 0) is 22.8 Å². The molecule has 0 saturated heterocycles. The number of rotatable bonds is 8. The van der Waals surface area contributed by atoms with Gasteiger partial charge >= 0.3 is 0 Å². The second kappa shape index (κ2) is 9.33. The van der Waals surface area contributed by atoms with Crippen LogP contribution in [0.3, 0.4) is 0 Å². The lowest BCUT2D eigenvalue weighted by Crippen LogP contribution is -2.43. The highest BCUT2D eigenvalue weighted by Crippen LogP contribution is 2.39. The largest absolute Gasteiger partial charge is 0.463 e. The summed E-state index contributed by atoms with van der Waals surface area (Å²) in [5, 5.41) is 5.55. The lowest BCUT2D eigenvalue weighted by molar-refractivity contribution is -0.679. The highest BCUT2D eigenvalue weighted by molar-refractivity contribution is 5.80. The molecule has 0 spiro atoms. The van der Waals surface area contributed by atoms with Crippen LogP contribution < -0.4 is 4.57 Å². The third kappa shape index (κ3) is 4.59. The fourth-order valence-corrected chi connectivity index (χ4v) is 5.68. The molecule has 6 nitrogen and oxygen atoms in total. The summed E-state index contributed by atoms with van der Waals surface area (Å²) in [4.78, 5) is 4.61. The van der Waals surface area contributed by atoms with Crippen molar-refractivity contribution in [3.8, 4) is 0 Å². The van der Waals surface area contributed by atoms with Gasteiger partial charge in [0.05, 0.1) is 23.4 Å². The summed E-state index contributed by atoms with van der Waals surface area (Å²) >= 11 is 0. The number of fused-ring (bicyclic) bond motifs is 3. The highest BCUT2D eigenvalue weighted by atomic mass is 16.5. The number of benzene rings is 1. The van der Waals surface area contributed by atoms with Gasteiger partial charge in [0.1, 0.15) is 11.3 Å². The molecular formula is C34H38N3O3+. The number of nitrogens with zero attached hydrogens (tertiary/aromatic N) is 3. The second-order valence-corrected chi connectivity index (χ2v) is 13.2. The van der Waals surface area contributed by atoms with E-state index in [0.29, 0.717) is 0 Å². The number of hydrogen-bond donors (Lipinski definition) is 0. The number of hydrogen-bond acceptors (Lipinski definition) is 5. The average Bonchev–Trinajstić information content (AvgIpc) is 3.67. The molecule has 0 saturated carbocycles. The molecule has 0 fully saturated rings. The van der Waals surface area contributed by atoms with Crippen LogP contribution in [0, 0.1) is 6.92 Å². The molecular weight excluding hydrogens is 498 g/mol. The van der Waals surface area contributed by atoms with Crippen molar-refractivity contribution in [1.29, 1.82) is 0 Å². The molecule has 0 unspecified atom stereocenters. The molecule has 1 aromatic carbocycles. The minimum atomic E-state index is -0.168. The van der Waals surface area contributed by atoms with Gasteiger partial charge in [-0.15, -0.1) is 0 Å². The normalized spacial score (nSPS) is 13.2. The lowest BCUT2D eigenvalue weighted by Gasteiger charge is -2.28. The van der Waals surface area contributed by atoms with Crippen LogP contribution in [0.5, 0.6) is 0 Å². The van der Waals surface area contributed by atoms with Gasteiger partial charge in [-0.05, 0) is 57.4 Å². The number of furan rings is 2. The second-order valence-electron chi connectivity index (χ2n) is 13.2. The molecule has 40 heavy (non-hydrogen) atoms. The zero-order chi connectivity index (χ0) is 28.3. The van der Waals surface area contributed by atoms with E-state index in [-0.39, 0.29) is 16.2 Å². The quantitative estimate of drug-likeness (QED) is 0.183. The Morgan fingerprint density at radius 3 is 2.45 bits per heavy atom. The van der Waals surface area contributed by atoms with E-state index in [9.17, 15) is 0 Å². The van der Waals surface area contributed by atoms with Crippen molar-refractivity contribution in [2.24, 2.45) is 0 Å². The molecule has 6 heteroatoms. The minimum Gasteiger partial charge on any atom is -0.463 e. The van der Waals surface area contributed by atoms with E-state index in [1.807, 2.05) is 30.5 Å². The van der Waals surface area contributed by atoms with Gasteiger partial charge < -0.3 is 13.4 Å². The molecule has 0 bridgehead atoms. The molecule has 5 aromatic heterocycles. The Morgan fingerprint density at radius 1 is 0.850 bits per heavy atom. The van der Waals surface area contributed by atoms with Gasteiger partial charge in [-0.25, -0.2) is 0 Å². The van der Waals surface area contributed by atoms with Crippen molar-refractivity contribution in [3.05, 3.63) is 89.8 Å². The minimum absolute atomic E-state index is 0.140. The third-order valence-corrected chi connectivity index (χ3v) is 8.59. The average molecular weight is 537 g/mol. The zero-order valence-corrected chi connectivity index (χ0v) is 24.5. The van der Waals surface area contributed by atoms with E-state index in [1.54, 1.807) is 6.26 Å². The van der Waals surface area contributed by atoms with Crippen LogP contribution in [-0.4, -0.2) is 10.1 Å². The summed E-state index contributed by atoms with van der Waals surface area (Å²) in [6.45, 7) is 16.4. The van der Waals surface area contributed by atoms with Crippen LogP contribution in [0.4, 0.5) is 0 Å². The van der Waals surface area contributed by atoms with Gasteiger partial charge in [-0.1, -0.05) is 45.0 Å². The lowest BCUT2D eigenvalue weighted by atomic mass is 9.75. The number of para-hydroxylation sites is 1. The molecule has 6 rings (SSSR count). The number of aryl methyl sites for hydroxylation is 1. The molecule has 0 atom stereocenters. The molecule has 0 radical (unpaired) electrons. The van der Waals surface area contributed by atoms with Gasteiger partial charge in [0.2, 0.25) is 5.58 Å². The third-order valence-electron chi connectivity index (χ3n) is 8.59. The molecule has 0 N–H and O–H groups in total. The van der Waals surface area contributed by atoms with Crippen molar-refractivity contribution in [1.82, 2.24) is 10.1 Å². The summed E-state index contributed by atoms with van der Waals surface area (Å²) in [5.74, 6) is 1.00. The topological polar surface area (TPSA) is 69.1 Å². The Labute approximate surface area is 235 Å². The Morgan fingerprint density at radius 2 is 1.62 bits per heavy atom. The fourth-order valence-electron chi connectivity index (χ4n) is 5.68. The SMILES string of the molecule is Cc1cc[n+](CC(C)(C)c2cnc3ccoc3c2)c2cc(C(C)(C)CCC(C)(C)c3noc4ccccc34)oc12. The predicted molar refractivity (Wildman–Crippen MR) is 157 cm³/mol. The molecule has 0 aliphatic rings. The first-order valence-electron chi connectivity index (χ1n) is 14.1. The van der Waals surface area contributed by atoms with Crippen molar-refractivity contribution in [3.63, 3.8) is 0 Å². The van der Waals surface area contributed by atoms with Crippen LogP contribution in [0.25, 0.3) is 33.2 Å². The smallest absolute Gasteiger partial charge is 0.251 e. The van der Waals surface area contributed by atoms with Gasteiger partial charge in [0.25, 0.3) is 5.52 Å². The molecule has 206 valence electrons. The van der Waals surface area contributed by atoms with Crippen molar-refractivity contribution >= 4 is 33.2 Å². The summed E-state index contributed by atoms with van der Waals surface area (Å²) in [7, 11) is 0. The number of aromatic nitrogens is 3. The predicted octanol–water partition coefficient (Wildman–Crippen LogP) is 8.32. The van der Waals surface area contributed by atoms with E-state index in [1.165, 1.54) is 0 Å². The molecule has 0 aliphatic carbocycles. The van der Waals surface area contributed by atoms with Crippen LogP contribution >= 0.6 is 0 Å². The summed E-state index contributed by atoms with van der Waals surface area (Å²) in [6, 6.07) is 16.5. The van der Waals surface area contributed by atoms with Crippen molar-refractivity contribution < 1.29 is 17.9 Å². The van der Waals surface area contributed by atoms with E-state index in [2.05, 4.69) is 93.6 Å².